The van der Waals surface area contributed by atoms with Crippen LogP contribution in [0.1, 0.15) is 5.56 Å². The molecule has 132 valence electrons. The molecule has 3 rings (SSSR count). The lowest BCUT2D eigenvalue weighted by atomic mass is 10.1. The Morgan fingerprint density at radius 2 is 1.73 bits per heavy atom. The van der Waals surface area contributed by atoms with Gasteiger partial charge in [0, 0.05) is 11.8 Å². The van der Waals surface area contributed by atoms with E-state index in [4.69, 9.17) is 0 Å². The first kappa shape index (κ1) is 17.7. The third-order valence-corrected chi connectivity index (χ3v) is 5.16. The second kappa shape index (κ2) is 7.41. The third kappa shape index (κ3) is 4.10. The van der Waals surface area contributed by atoms with Gasteiger partial charge in [-0.25, -0.2) is 13.2 Å². The molecule has 0 aliphatic carbocycles. The monoisotopic (exact) mass is 367 g/mol. The minimum Gasteiger partial charge on any atom is -0.466 e. The molecule has 0 bridgehead atoms. The summed E-state index contributed by atoms with van der Waals surface area (Å²) < 4.78 is 32.4. The summed E-state index contributed by atoms with van der Waals surface area (Å²) in [4.78, 5) is 11.3. The first-order valence-corrected chi connectivity index (χ1v) is 9.34. The Morgan fingerprint density at radius 3 is 2.50 bits per heavy atom. The molecule has 0 unspecified atom stereocenters. The molecular formula is C20H17NO4S. The summed E-state index contributed by atoms with van der Waals surface area (Å²) in [5.74, 6) is -0.507. The average molecular weight is 367 g/mol. The highest BCUT2D eigenvalue weighted by atomic mass is 32.2. The number of fused-ring (bicyclic) bond motifs is 1. The Balaban J connectivity index is 1.87. The molecule has 0 amide bonds. The van der Waals surface area contributed by atoms with Crippen LogP contribution in [0.5, 0.6) is 0 Å². The molecule has 0 radical (unpaired) electrons. The summed E-state index contributed by atoms with van der Waals surface area (Å²) >= 11 is 0. The maximum absolute atomic E-state index is 12.7. The van der Waals surface area contributed by atoms with Crippen LogP contribution in [-0.2, 0) is 19.6 Å². The van der Waals surface area contributed by atoms with E-state index in [1.807, 2.05) is 30.3 Å². The predicted molar refractivity (Wildman–Crippen MR) is 102 cm³/mol. The summed E-state index contributed by atoms with van der Waals surface area (Å²) in [5, 5.41) is 1.98. The summed E-state index contributed by atoms with van der Waals surface area (Å²) in [5.41, 5.74) is 1.07. The van der Waals surface area contributed by atoms with E-state index in [1.54, 1.807) is 24.3 Å². The molecule has 3 aromatic carbocycles. The van der Waals surface area contributed by atoms with Crippen LogP contribution in [0.2, 0.25) is 0 Å². The topological polar surface area (TPSA) is 72.5 Å². The number of hydrogen-bond donors (Lipinski definition) is 1. The predicted octanol–water partition coefficient (Wildman–Crippen LogP) is 3.83. The first-order chi connectivity index (χ1) is 12.5. The summed E-state index contributed by atoms with van der Waals surface area (Å²) in [6.45, 7) is 0. The number of rotatable bonds is 5. The number of benzene rings is 3. The fourth-order valence-corrected chi connectivity index (χ4v) is 3.59. The number of sulfonamides is 1. The molecule has 0 heterocycles. The van der Waals surface area contributed by atoms with Crippen LogP contribution in [0, 0.1) is 0 Å². The summed E-state index contributed by atoms with van der Waals surface area (Å²) in [6.07, 6.45) is 2.74. The zero-order valence-corrected chi connectivity index (χ0v) is 14.9. The molecule has 0 saturated heterocycles. The lowest BCUT2D eigenvalue weighted by Gasteiger charge is -2.09. The standard InChI is InChI=1S/C20H17NO4S/c1-25-20(22)12-9-15-5-4-8-19(13-15)26(23,24)21-18-11-10-16-6-2-3-7-17(16)14-18/h2-14,21H,1H3/b12-9+. The van der Waals surface area contributed by atoms with Gasteiger partial charge in [-0.1, -0.05) is 42.5 Å². The Labute approximate surface area is 152 Å². The number of carbonyl (C=O) groups excluding carboxylic acids is 1. The van der Waals surface area contributed by atoms with Crippen molar-refractivity contribution in [2.24, 2.45) is 0 Å². The Kier molecular flexibility index (Phi) is 5.04. The highest BCUT2D eigenvalue weighted by molar-refractivity contribution is 7.92. The molecule has 0 aromatic heterocycles. The van der Waals surface area contributed by atoms with Crippen molar-refractivity contribution in [1.29, 1.82) is 0 Å². The van der Waals surface area contributed by atoms with Crippen molar-refractivity contribution in [2.75, 3.05) is 11.8 Å². The first-order valence-electron chi connectivity index (χ1n) is 7.86. The second-order valence-corrected chi connectivity index (χ2v) is 7.28. The number of hydrogen-bond acceptors (Lipinski definition) is 4. The summed E-state index contributed by atoms with van der Waals surface area (Å²) in [6, 6.07) is 19.4. The number of nitrogens with one attached hydrogen (secondary N) is 1. The lowest BCUT2D eigenvalue weighted by molar-refractivity contribution is -0.134. The van der Waals surface area contributed by atoms with E-state index >= 15 is 0 Å². The molecule has 0 spiro atoms. The Hall–Kier alpha value is -3.12. The van der Waals surface area contributed by atoms with E-state index < -0.39 is 16.0 Å². The van der Waals surface area contributed by atoms with E-state index in [-0.39, 0.29) is 4.90 Å². The zero-order valence-electron chi connectivity index (χ0n) is 14.0. The molecule has 3 aromatic rings. The fourth-order valence-electron chi connectivity index (χ4n) is 2.48. The Bertz CT molecular complexity index is 1090. The maximum atomic E-state index is 12.7. The molecule has 0 fully saturated rings. The average Bonchev–Trinajstić information content (AvgIpc) is 2.66. The largest absolute Gasteiger partial charge is 0.466 e. The highest BCUT2D eigenvalue weighted by Gasteiger charge is 2.14. The maximum Gasteiger partial charge on any atom is 0.330 e. The van der Waals surface area contributed by atoms with Crippen LogP contribution < -0.4 is 4.72 Å². The van der Waals surface area contributed by atoms with Crippen molar-refractivity contribution in [3.8, 4) is 0 Å². The highest BCUT2D eigenvalue weighted by Crippen LogP contribution is 2.22. The third-order valence-electron chi connectivity index (χ3n) is 3.78. The molecule has 1 N–H and O–H groups in total. The van der Waals surface area contributed by atoms with Crippen molar-refractivity contribution >= 4 is 38.5 Å². The molecule has 26 heavy (non-hydrogen) atoms. The zero-order chi connectivity index (χ0) is 18.6. The minimum absolute atomic E-state index is 0.109. The van der Waals surface area contributed by atoms with Crippen molar-refractivity contribution in [1.82, 2.24) is 0 Å². The van der Waals surface area contributed by atoms with Gasteiger partial charge in [0.25, 0.3) is 10.0 Å². The second-order valence-electron chi connectivity index (χ2n) is 5.60. The fraction of sp³-hybridized carbons (Fsp3) is 0.0500. The van der Waals surface area contributed by atoms with Crippen molar-refractivity contribution in [2.45, 2.75) is 4.90 Å². The lowest BCUT2D eigenvalue weighted by Crippen LogP contribution is -2.13. The van der Waals surface area contributed by atoms with Crippen LogP contribution in [0.25, 0.3) is 16.8 Å². The van der Waals surface area contributed by atoms with E-state index in [2.05, 4.69) is 9.46 Å². The van der Waals surface area contributed by atoms with Gasteiger partial charge in [0.2, 0.25) is 0 Å². The van der Waals surface area contributed by atoms with Crippen LogP contribution in [0.4, 0.5) is 5.69 Å². The van der Waals surface area contributed by atoms with Gasteiger partial charge in [0.05, 0.1) is 12.0 Å². The SMILES string of the molecule is COC(=O)/C=C/c1cccc(S(=O)(=O)Nc2ccc3ccccc3c2)c1. The smallest absolute Gasteiger partial charge is 0.330 e. The van der Waals surface area contributed by atoms with Crippen molar-refractivity contribution in [3.05, 3.63) is 78.4 Å². The quantitative estimate of drug-likeness (QED) is 0.549. The van der Waals surface area contributed by atoms with Crippen LogP contribution in [-0.4, -0.2) is 21.5 Å². The van der Waals surface area contributed by atoms with Crippen LogP contribution >= 0.6 is 0 Å². The van der Waals surface area contributed by atoms with E-state index in [0.717, 1.165) is 10.8 Å². The number of methoxy groups -OCH3 is 1. The number of esters is 1. The molecule has 5 nitrogen and oxygen atoms in total. The van der Waals surface area contributed by atoms with Crippen molar-refractivity contribution < 1.29 is 17.9 Å². The molecule has 0 aliphatic heterocycles. The van der Waals surface area contributed by atoms with Gasteiger partial charge in [-0.2, -0.15) is 0 Å². The Morgan fingerprint density at radius 1 is 0.962 bits per heavy atom. The van der Waals surface area contributed by atoms with Gasteiger partial charge in [0.15, 0.2) is 0 Å². The van der Waals surface area contributed by atoms with Crippen LogP contribution in [0.3, 0.4) is 0 Å². The van der Waals surface area contributed by atoms with E-state index in [1.165, 1.54) is 31.4 Å². The molecular weight excluding hydrogens is 350 g/mol. The van der Waals surface area contributed by atoms with Gasteiger partial charge >= 0.3 is 5.97 Å². The number of ether oxygens (including phenoxy) is 1. The minimum atomic E-state index is -3.75. The van der Waals surface area contributed by atoms with Crippen LogP contribution in [0.15, 0.2) is 77.7 Å². The normalized spacial score (nSPS) is 11.6. The number of anilines is 1. The van der Waals surface area contributed by atoms with E-state index in [9.17, 15) is 13.2 Å². The van der Waals surface area contributed by atoms with Gasteiger partial charge in [-0.3, -0.25) is 4.72 Å². The van der Waals surface area contributed by atoms with Gasteiger partial charge in [-0.05, 0) is 46.7 Å². The van der Waals surface area contributed by atoms with Crippen molar-refractivity contribution in [3.63, 3.8) is 0 Å². The number of carbonyl (C=O) groups is 1. The van der Waals surface area contributed by atoms with Gasteiger partial charge < -0.3 is 4.74 Å². The molecule has 0 atom stereocenters. The summed E-state index contributed by atoms with van der Waals surface area (Å²) in [7, 11) is -2.47. The van der Waals surface area contributed by atoms with Gasteiger partial charge in [-0.15, -0.1) is 0 Å². The molecule has 6 heteroatoms. The van der Waals surface area contributed by atoms with E-state index in [0.29, 0.717) is 11.3 Å². The van der Waals surface area contributed by atoms with Gasteiger partial charge in [0.1, 0.15) is 0 Å². The molecule has 0 aliphatic rings. The molecule has 0 saturated carbocycles.